The van der Waals surface area contributed by atoms with E-state index in [1.807, 2.05) is 0 Å². The monoisotopic (exact) mass is 272 g/mol. The molecule has 2 atom stereocenters. The van der Waals surface area contributed by atoms with E-state index in [-0.39, 0.29) is 38.8 Å². The average Bonchev–Trinajstić information content (AvgIpc) is 2.27. The third-order valence-electron chi connectivity index (χ3n) is 2.75. The average molecular weight is 272 g/mol. The number of nitrogens with two attached hydrogens (primary N) is 1. The van der Waals surface area contributed by atoms with E-state index in [1.165, 1.54) is 19.1 Å². The number of hydrogen-bond acceptors (Lipinski definition) is 4. The second kappa shape index (κ2) is 8.68. The summed E-state index contributed by atoms with van der Waals surface area (Å²) in [6.45, 7) is 2.37. The normalized spacial score (nSPS) is 16.0. The molecule has 0 heterocycles. The lowest BCUT2D eigenvalue weighted by atomic mass is 10.1. The topological polar surface area (TPSA) is 47.7 Å². The van der Waals surface area contributed by atoms with E-state index >= 15 is 0 Å². The first-order chi connectivity index (χ1) is 8.38. The Morgan fingerprint density at radius 1 is 1.22 bits per heavy atom. The summed E-state index contributed by atoms with van der Waals surface area (Å²) >= 11 is 0. The molecule has 7 heteroatoms. The zero-order valence-corrected chi connectivity index (χ0v) is 11.2. The molecule has 0 saturated heterocycles. The fraction of sp³-hybridized carbons (Fsp3) is 1.00. The smallest absolute Gasteiger partial charge is 0.383 e. The fourth-order valence-electron chi connectivity index (χ4n) is 1.89. The van der Waals surface area contributed by atoms with Crippen LogP contribution in [-0.2, 0) is 9.47 Å². The molecule has 110 valence electrons. The molecule has 4 nitrogen and oxygen atoms in total. The van der Waals surface area contributed by atoms with Gasteiger partial charge in [0.05, 0.1) is 13.2 Å². The highest BCUT2D eigenvalue weighted by Crippen LogP contribution is 2.28. The van der Waals surface area contributed by atoms with Crippen LogP contribution in [0.1, 0.15) is 13.3 Å². The van der Waals surface area contributed by atoms with Crippen LogP contribution in [0.2, 0.25) is 0 Å². The molecule has 0 bridgehead atoms. The van der Waals surface area contributed by atoms with Gasteiger partial charge in [0.15, 0.2) is 0 Å². The van der Waals surface area contributed by atoms with Gasteiger partial charge in [-0.25, -0.2) is 0 Å². The SMILES string of the molecule is COCCN(C(C)COC)C(CCN)C(F)(F)F. The molecule has 0 aliphatic heterocycles. The van der Waals surface area contributed by atoms with Crippen LogP contribution in [0.15, 0.2) is 0 Å². The Hall–Kier alpha value is -0.370. The lowest BCUT2D eigenvalue weighted by Crippen LogP contribution is -2.53. The van der Waals surface area contributed by atoms with Gasteiger partial charge >= 0.3 is 6.18 Å². The number of methoxy groups -OCH3 is 2. The lowest BCUT2D eigenvalue weighted by Gasteiger charge is -2.37. The van der Waals surface area contributed by atoms with Crippen molar-refractivity contribution in [3.8, 4) is 0 Å². The molecule has 0 saturated carbocycles. The van der Waals surface area contributed by atoms with Crippen molar-refractivity contribution in [2.75, 3.05) is 40.5 Å². The molecular formula is C11H23F3N2O2. The zero-order valence-electron chi connectivity index (χ0n) is 11.2. The van der Waals surface area contributed by atoms with Crippen LogP contribution in [0.5, 0.6) is 0 Å². The minimum Gasteiger partial charge on any atom is -0.383 e. The van der Waals surface area contributed by atoms with E-state index in [0.29, 0.717) is 0 Å². The highest BCUT2D eigenvalue weighted by Gasteiger charge is 2.44. The van der Waals surface area contributed by atoms with E-state index in [0.717, 1.165) is 0 Å². The maximum atomic E-state index is 13.0. The van der Waals surface area contributed by atoms with Gasteiger partial charge in [-0.05, 0) is 19.9 Å². The zero-order chi connectivity index (χ0) is 14.2. The summed E-state index contributed by atoms with van der Waals surface area (Å²) < 4.78 is 48.8. The molecule has 18 heavy (non-hydrogen) atoms. The van der Waals surface area contributed by atoms with E-state index < -0.39 is 12.2 Å². The predicted molar refractivity (Wildman–Crippen MR) is 63.4 cm³/mol. The summed E-state index contributed by atoms with van der Waals surface area (Å²) in [7, 11) is 2.93. The molecular weight excluding hydrogens is 249 g/mol. The van der Waals surface area contributed by atoms with Crippen molar-refractivity contribution in [2.45, 2.75) is 31.6 Å². The van der Waals surface area contributed by atoms with E-state index in [9.17, 15) is 13.2 Å². The summed E-state index contributed by atoms with van der Waals surface area (Å²) in [6, 6.07) is -1.90. The summed E-state index contributed by atoms with van der Waals surface area (Å²) in [4.78, 5) is 1.35. The highest BCUT2D eigenvalue weighted by atomic mass is 19.4. The molecule has 0 aliphatic carbocycles. The lowest BCUT2D eigenvalue weighted by molar-refractivity contribution is -0.193. The molecule has 0 spiro atoms. The molecule has 0 fully saturated rings. The van der Waals surface area contributed by atoms with Crippen LogP contribution in [0.25, 0.3) is 0 Å². The van der Waals surface area contributed by atoms with Crippen molar-refractivity contribution in [1.29, 1.82) is 0 Å². The fourth-order valence-corrected chi connectivity index (χ4v) is 1.89. The molecule has 0 rings (SSSR count). The van der Waals surface area contributed by atoms with Gasteiger partial charge in [0.2, 0.25) is 0 Å². The first-order valence-electron chi connectivity index (χ1n) is 5.88. The van der Waals surface area contributed by atoms with Crippen LogP contribution in [0, 0.1) is 0 Å². The maximum absolute atomic E-state index is 13.0. The summed E-state index contributed by atoms with van der Waals surface area (Å²) in [5, 5.41) is 0. The number of alkyl halides is 3. The molecule has 0 aliphatic rings. The Morgan fingerprint density at radius 2 is 1.83 bits per heavy atom. The molecule has 0 aromatic heterocycles. The summed E-state index contributed by atoms with van der Waals surface area (Å²) in [5.41, 5.74) is 5.28. The van der Waals surface area contributed by atoms with Crippen LogP contribution in [-0.4, -0.2) is 63.7 Å². The molecule has 0 amide bonds. The van der Waals surface area contributed by atoms with Gasteiger partial charge in [0.1, 0.15) is 6.04 Å². The molecule has 0 aromatic carbocycles. The van der Waals surface area contributed by atoms with Gasteiger partial charge in [0.25, 0.3) is 0 Å². The first-order valence-corrected chi connectivity index (χ1v) is 5.88. The third kappa shape index (κ3) is 5.99. The van der Waals surface area contributed by atoms with Crippen molar-refractivity contribution in [3.63, 3.8) is 0 Å². The van der Waals surface area contributed by atoms with Crippen LogP contribution in [0.3, 0.4) is 0 Å². The number of halogens is 3. The van der Waals surface area contributed by atoms with Crippen LogP contribution >= 0.6 is 0 Å². The number of nitrogens with zero attached hydrogens (tertiary/aromatic N) is 1. The number of ether oxygens (including phenoxy) is 2. The molecule has 0 aromatic rings. The minimum absolute atomic E-state index is 0.00659. The molecule has 0 radical (unpaired) electrons. The van der Waals surface area contributed by atoms with Gasteiger partial charge in [-0.3, -0.25) is 4.90 Å². The largest absolute Gasteiger partial charge is 0.404 e. The number of hydrogen-bond donors (Lipinski definition) is 1. The predicted octanol–water partition coefficient (Wildman–Crippen LogP) is 1.25. The summed E-state index contributed by atoms with van der Waals surface area (Å²) in [5.74, 6) is 0. The van der Waals surface area contributed by atoms with E-state index in [1.54, 1.807) is 6.92 Å². The van der Waals surface area contributed by atoms with Gasteiger partial charge < -0.3 is 15.2 Å². The summed E-state index contributed by atoms with van der Waals surface area (Å²) in [6.07, 6.45) is -4.42. The van der Waals surface area contributed by atoms with Crippen molar-refractivity contribution >= 4 is 0 Å². The van der Waals surface area contributed by atoms with Gasteiger partial charge in [-0.2, -0.15) is 13.2 Å². The van der Waals surface area contributed by atoms with Crippen molar-refractivity contribution in [1.82, 2.24) is 4.90 Å². The van der Waals surface area contributed by atoms with E-state index in [4.69, 9.17) is 15.2 Å². The van der Waals surface area contributed by atoms with Crippen molar-refractivity contribution in [3.05, 3.63) is 0 Å². The Kier molecular flexibility index (Phi) is 8.51. The second-order valence-corrected chi connectivity index (χ2v) is 4.17. The quantitative estimate of drug-likeness (QED) is 0.686. The Morgan fingerprint density at radius 3 is 2.22 bits per heavy atom. The van der Waals surface area contributed by atoms with Crippen molar-refractivity contribution in [2.24, 2.45) is 5.73 Å². The molecule has 2 N–H and O–H groups in total. The van der Waals surface area contributed by atoms with Gasteiger partial charge in [0, 0.05) is 26.8 Å². The Balaban J connectivity index is 4.84. The minimum atomic E-state index is -4.30. The molecule has 2 unspecified atom stereocenters. The Bertz CT molecular complexity index is 215. The number of rotatable bonds is 9. The van der Waals surface area contributed by atoms with Crippen molar-refractivity contribution < 1.29 is 22.6 Å². The highest BCUT2D eigenvalue weighted by molar-refractivity contribution is 4.83. The Labute approximate surface area is 106 Å². The van der Waals surface area contributed by atoms with Gasteiger partial charge in [-0.15, -0.1) is 0 Å². The van der Waals surface area contributed by atoms with Gasteiger partial charge in [-0.1, -0.05) is 0 Å². The van der Waals surface area contributed by atoms with E-state index in [2.05, 4.69) is 0 Å². The standard InChI is InChI=1S/C11H23F3N2O2/c1-9(8-18-3)16(6-7-17-2)10(4-5-15)11(12,13)14/h9-10H,4-8,15H2,1-3H3. The maximum Gasteiger partial charge on any atom is 0.404 e. The third-order valence-corrected chi connectivity index (χ3v) is 2.75. The van der Waals surface area contributed by atoms with Crippen LogP contribution in [0.4, 0.5) is 13.2 Å². The first kappa shape index (κ1) is 17.6. The van der Waals surface area contributed by atoms with Crippen LogP contribution < -0.4 is 5.73 Å². The second-order valence-electron chi connectivity index (χ2n) is 4.17.